The lowest BCUT2D eigenvalue weighted by atomic mass is 9.95. The first kappa shape index (κ1) is 17.6. The molecule has 0 aromatic heterocycles. The van der Waals surface area contributed by atoms with E-state index in [1.165, 1.54) is 13.5 Å². The highest BCUT2D eigenvalue weighted by Crippen LogP contribution is 2.23. The van der Waals surface area contributed by atoms with Crippen LogP contribution in [0.3, 0.4) is 0 Å². The molecule has 7 heteroatoms. The van der Waals surface area contributed by atoms with Gasteiger partial charge in [0.15, 0.2) is 0 Å². The Labute approximate surface area is 137 Å². The third kappa shape index (κ3) is 5.13. The Kier molecular flexibility index (Phi) is 5.87. The predicted molar refractivity (Wildman–Crippen MR) is 90.2 cm³/mol. The van der Waals surface area contributed by atoms with Crippen molar-refractivity contribution in [2.75, 3.05) is 24.2 Å². The smallest absolute Gasteiger partial charge is 0.240 e. The quantitative estimate of drug-likeness (QED) is 0.858. The summed E-state index contributed by atoms with van der Waals surface area (Å²) in [4.78, 5) is 12.2. The third-order valence-electron chi connectivity index (χ3n) is 4.00. The van der Waals surface area contributed by atoms with Gasteiger partial charge in [0.25, 0.3) is 0 Å². The molecule has 1 N–H and O–H groups in total. The highest BCUT2D eigenvalue weighted by Gasteiger charge is 2.23. The first-order valence-corrected chi connectivity index (χ1v) is 9.66. The molecule has 0 atom stereocenters. The van der Waals surface area contributed by atoms with Gasteiger partial charge in [-0.1, -0.05) is 25.3 Å². The fourth-order valence-corrected chi connectivity index (χ4v) is 3.66. The summed E-state index contributed by atoms with van der Waals surface area (Å²) in [6.07, 6.45) is 6.44. The molecule has 1 aromatic carbocycles. The van der Waals surface area contributed by atoms with Crippen LogP contribution in [0.4, 0.5) is 5.69 Å². The van der Waals surface area contributed by atoms with Crippen molar-refractivity contribution in [1.29, 1.82) is 0 Å². The first-order valence-electron chi connectivity index (χ1n) is 7.81. The molecule has 1 fully saturated rings. The Bertz CT molecular complexity index is 639. The van der Waals surface area contributed by atoms with Crippen molar-refractivity contribution in [2.24, 2.45) is 0 Å². The zero-order chi connectivity index (χ0) is 16.9. The first-order chi connectivity index (χ1) is 10.9. The fraction of sp³-hybridized carbons (Fsp3) is 0.562. The van der Waals surface area contributed by atoms with Gasteiger partial charge in [-0.05, 0) is 25.0 Å². The summed E-state index contributed by atoms with van der Waals surface area (Å²) >= 11 is 0. The normalized spacial score (nSPS) is 15.9. The van der Waals surface area contributed by atoms with Gasteiger partial charge in [0.1, 0.15) is 12.3 Å². The molecule has 1 saturated carbocycles. The topological polar surface area (TPSA) is 75.7 Å². The lowest BCUT2D eigenvalue weighted by Gasteiger charge is -2.26. The summed E-state index contributed by atoms with van der Waals surface area (Å²) in [5.41, 5.74) is 0.422. The molecule has 0 aliphatic heterocycles. The van der Waals surface area contributed by atoms with E-state index in [2.05, 4.69) is 5.32 Å². The maximum absolute atomic E-state index is 12.2. The second-order valence-corrected chi connectivity index (χ2v) is 7.78. The number of rotatable bonds is 6. The lowest BCUT2D eigenvalue weighted by Crippen LogP contribution is -2.44. The van der Waals surface area contributed by atoms with Gasteiger partial charge < -0.3 is 10.1 Å². The molecule has 1 amide bonds. The minimum atomic E-state index is -3.56. The Hall–Kier alpha value is -1.76. The highest BCUT2D eigenvalue weighted by atomic mass is 32.2. The average Bonchev–Trinajstić information content (AvgIpc) is 2.52. The lowest BCUT2D eigenvalue weighted by molar-refractivity contribution is -0.120. The Balaban J connectivity index is 2.11. The largest absolute Gasteiger partial charge is 0.497 e. The van der Waals surface area contributed by atoms with E-state index in [9.17, 15) is 13.2 Å². The standard InChI is InChI=1S/C16H24N2O4S/c1-22-15-10-6-9-14(11-15)18(23(2,20)21)12-16(19)17-13-7-4-3-5-8-13/h6,9-11,13H,3-5,7-8,12H2,1-2H3,(H,17,19). The van der Waals surface area contributed by atoms with Gasteiger partial charge >= 0.3 is 0 Å². The molecule has 2 rings (SSSR count). The molecule has 1 aromatic rings. The number of carbonyl (C=O) groups excluding carboxylic acids is 1. The van der Waals surface area contributed by atoms with Crippen molar-refractivity contribution in [3.05, 3.63) is 24.3 Å². The minimum absolute atomic E-state index is 0.156. The summed E-state index contributed by atoms with van der Waals surface area (Å²) < 4.78 is 30.4. The molecule has 6 nitrogen and oxygen atoms in total. The molecule has 0 heterocycles. The van der Waals surface area contributed by atoms with Crippen molar-refractivity contribution < 1.29 is 17.9 Å². The average molecular weight is 340 g/mol. The van der Waals surface area contributed by atoms with Crippen LogP contribution in [0.2, 0.25) is 0 Å². The van der Waals surface area contributed by atoms with E-state index in [1.807, 2.05) is 0 Å². The van der Waals surface area contributed by atoms with Gasteiger partial charge in [0.2, 0.25) is 15.9 Å². The van der Waals surface area contributed by atoms with Gasteiger partial charge in [0.05, 0.1) is 19.1 Å². The molecule has 0 radical (unpaired) electrons. The van der Waals surface area contributed by atoms with Crippen molar-refractivity contribution in [3.63, 3.8) is 0 Å². The van der Waals surface area contributed by atoms with Crippen LogP contribution in [0.25, 0.3) is 0 Å². The molecule has 0 spiro atoms. The van der Waals surface area contributed by atoms with E-state index in [-0.39, 0.29) is 18.5 Å². The summed E-state index contributed by atoms with van der Waals surface area (Å²) in [7, 11) is -2.05. The molecular weight excluding hydrogens is 316 g/mol. The minimum Gasteiger partial charge on any atom is -0.497 e. The number of nitrogens with one attached hydrogen (secondary N) is 1. The van der Waals surface area contributed by atoms with Gasteiger partial charge in [-0.25, -0.2) is 8.42 Å². The number of hydrogen-bond donors (Lipinski definition) is 1. The summed E-state index contributed by atoms with van der Waals surface area (Å²) in [6, 6.07) is 6.84. The van der Waals surface area contributed by atoms with Crippen LogP contribution in [0.5, 0.6) is 5.75 Å². The van der Waals surface area contributed by atoms with Gasteiger partial charge in [-0.15, -0.1) is 0 Å². The van der Waals surface area contributed by atoms with Crippen LogP contribution >= 0.6 is 0 Å². The van der Waals surface area contributed by atoms with Crippen LogP contribution in [0.1, 0.15) is 32.1 Å². The van der Waals surface area contributed by atoms with Crippen molar-refractivity contribution in [1.82, 2.24) is 5.32 Å². The van der Waals surface area contributed by atoms with E-state index in [0.717, 1.165) is 36.2 Å². The molecule has 1 aliphatic carbocycles. The summed E-state index contributed by atoms with van der Waals surface area (Å²) in [6.45, 7) is -0.220. The monoisotopic (exact) mass is 340 g/mol. The van der Waals surface area contributed by atoms with E-state index in [4.69, 9.17) is 4.74 Å². The third-order valence-corrected chi connectivity index (χ3v) is 5.14. The van der Waals surface area contributed by atoms with Crippen molar-refractivity contribution in [3.8, 4) is 5.75 Å². The van der Waals surface area contributed by atoms with Crippen LogP contribution in [0.15, 0.2) is 24.3 Å². The van der Waals surface area contributed by atoms with Crippen LogP contribution in [-0.4, -0.2) is 40.3 Å². The molecule has 0 saturated heterocycles. The fourth-order valence-electron chi connectivity index (χ4n) is 2.82. The summed E-state index contributed by atoms with van der Waals surface area (Å²) in [5, 5.41) is 2.94. The molecule has 0 bridgehead atoms. The Morgan fingerprint density at radius 1 is 1.30 bits per heavy atom. The van der Waals surface area contributed by atoms with Crippen LogP contribution < -0.4 is 14.4 Å². The van der Waals surface area contributed by atoms with Gasteiger partial charge in [-0.2, -0.15) is 0 Å². The second-order valence-electron chi connectivity index (χ2n) is 5.87. The highest BCUT2D eigenvalue weighted by molar-refractivity contribution is 7.92. The van der Waals surface area contributed by atoms with Gasteiger partial charge in [-0.3, -0.25) is 9.10 Å². The Morgan fingerprint density at radius 2 is 2.00 bits per heavy atom. The van der Waals surface area contributed by atoms with E-state index in [0.29, 0.717) is 11.4 Å². The zero-order valence-corrected chi connectivity index (χ0v) is 14.4. The Morgan fingerprint density at radius 3 is 2.61 bits per heavy atom. The van der Waals surface area contributed by atoms with Gasteiger partial charge in [0, 0.05) is 12.1 Å². The number of sulfonamides is 1. The second kappa shape index (κ2) is 7.68. The predicted octanol–water partition coefficient (Wildman–Crippen LogP) is 1.91. The maximum Gasteiger partial charge on any atom is 0.240 e. The molecule has 1 aliphatic rings. The maximum atomic E-state index is 12.2. The van der Waals surface area contributed by atoms with E-state index >= 15 is 0 Å². The summed E-state index contributed by atoms with van der Waals surface area (Å²) in [5.74, 6) is 0.272. The number of nitrogens with zero attached hydrogens (tertiary/aromatic N) is 1. The van der Waals surface area contributed by atoms with Crippen LogP contribution in [0, 0.1) is 0 Å². The number of methoxy groups -OCH3 is 1. The number of amides is 1. The number of benzene rings is 1. The number of ether oxygens (including phenoxy) is 1. The molecule has 0 unspecified atom stereocenters. The number of anilines is 1. The SMILES string of the molecule is COc1cccc(N(CC(=O)NC2CCCCC2)S(C)(=O)=O)c1. The zero-order valence-electron chi connectivity index (χ0n) is 13.6. The molecule has 23 heavy (non-hydrogen) atoms. The van der Waals surface area contributed by atoms with Crippen molar-refractivity contribution >= 4 is 21.6 Å². The van der Waals surface area contributed by atoms with Crippen LogP contribution in [-0.2, 0) is 14.8 Å². The molecular formula is C16H24N2O4S. The number of carbonyl (C=O) groups is 1. The molecule has 128 valence electrons. The van der Waals surface area contributed by atoms with E-state index in [1.54, 1.807) is 24.3 Å². The van der Waals surface area contributed by atoms with E-state index < -0.39 is 10.0 Å². The number of hydrogen-bond acceptors (Lipinski definition) is 4. The van der Waals surface area contributed by atoms with Crippen molar-refractivity contribution in [2.45, 2.75) is 38.1 Å².